The Hall–Kier alpha value is -2.74. The number of rotatable bonds is 6. The Balaban J connectivity index is 2.08. The molecule has 0 amide bonds. The summed E-state index contributed by atoms with van der Waals surface area (Å²) in [5.41, 5.74) is 0.549. The topological polar surface area (TPSA) is 65.0 Å². The number of hydrogen-bond acceptors (Lipinski definition) is 5. The zero-order chi connectivity index (χ0) is 19.3. The smallest absolute Gasteiger partial charge is 0.468 e. The molecule has 0 bridgehead atoms. The lowest BCUT2D eigenvalue weighted by atomic mass is 9.94. The standard InChI is InChI=1S/C18H17F3O5/c1-11(22)16(17(23)24-2)12-3-5-13(6-4-12)25-14-7-9-15(10-8-14)26-18(19,20)21/h3-11,16,22H,1-2H3. The highest BCUT2D eigenvalue weighted by Crippen LogP contribution is 2.29. The lowest BCUT2D eigenvalue weighted by Gasteiger charge is -2.18. The predicted molar refractivity (Wildman–Crippen MR) is 86.1 cm³/mol. The summed E-state index contributed by atoms with van der Waals surface area (Å²) >= 11 is 0. The van der Waals surface area contributed by atoms with Gasteiger partial charge in [-0.3, -0.25) is 4.79 Å². The Bertz CT molecular complexity index is 724. The van der Waals surface area contributed by atoms with E-state index in [9.17, 15) is 23.1 Å². The van der Waals surface area contributed by atoms with Crippen LogP contribution in [-0.4, -0.2) is 30.7 Å². The number of hydrogen-bond donors (Lipinski definition) is 1. The summed E-state index contributed by atoms with van der Waals surface area (Å²) in [6, 6.07) is 11.3. The Labute approximate surface area is 147 Å². The lowest BCUT2D eigenvalue weighted by Crippen LogP contribution is -2.24. The maximum atomic E-state index is 12.1. The first kappa shape index (κ1) is 19.6. The molecule has 2 aromatic carbocycles. The van der Waals surface area contributed by atoms with E-state index in [-0.39, 0.29) is 5.75 Å². The van der Waals surface area contributed by atoms with Crippen LogP contribution in [0.25, 0.3) is 0 Å². The molecule has 0 aliphatic rings. The van der Waals surface area contributed by atoms with Crippen LogP contribution in [0.3, 0.4) is 0 Å². The van der Waals surface area contributed by atoms with Gasteiger partial charge >= 0.3 is 12.3 Å². The molecule has 26 heavy (non-hydrogen) atoms. The highest BCUT2D eigenvalue weighted by molar-refractivity contribution is 5.78. The van der Waals surface area contributed by atoms with Gasteiger partial charge < -0.3 is 19.3 Å². The van der Waals surface area contributed by atoms with Gasteiger partial charge in [0.2, 0.25) is 0 Å². The van der Waals surface area contributed by atoms with Gasteiger partial charge in [-0.05, 0) is 48.9 Å². The molecule has 0 saturated heterocycles. The lowest BCUT2D eigenvalue weighted by molar-refractivity contribution is -0.274. The van der Waals surface area contributed by atoms with E-state index in [1.165, 1.54) is 26.2 Å². The quantitative estimate of drug-likeness (QED) is 0.779. The van der Waals surface area contributed by atoms with Gasteiger partial charge in [0.15, 0.2) is 0 Å². The zero-order valence-corrected chi connectivity index (χ0v) is 14.0. The van der Waals surface area contributed by atoms with Crippen molar-refractivity contribution in [1.29, 1.82) is 0 Å². The average molecular weight is 370 g/mol. The molecule has 0 aliphatic heterocycles. The molecule has 0 aromatic heterocycles. The SMILES string of the molecule is COC(=O)C(c1ccc(Oc2ccc(OC(F)(F)F)cc2)cc1)C(C)O. The van der Waals surface area contributed by atoms with Crippen LogP contribution in [0, 0.1) is 0 Å². The number of aliphatic hydroxyl groups excluding tert-OH is 1. The van der Waals surface area contributed by atoms with Gasteiger partial charge in [0.1, 0.15) is 23.2 Å². The third-order valence-corrected chi connectivity index (χ3v) is 3.47. The molecule has 140 valence electrons. The number of esters is 1. The number of aliphatic hydroxyl groups is 1. The van der Waals surface area contributed by atoms with E-state index in [4.69, 9.17) is 4.74 Å². The molecule has 2 aromatic rings. The van der Waals surface area contributed by atoms with E-state index in [0.29, 0.717) is 17.1 Å². The van der Waals surface area contributed by atoms with Gasteiger partial charge in [-0.15, -0.1) is 13.2 Å². The number of ether oxygens (including phenoxy) is 3. The second-order valence-electron chi connectivity index (χ2n) is 5.43. The second-order valence-corrected chi connectivity index (χ2v) is 5.43. The van der Waals surface area contributed by atoms with Crippen LogP contribution in [0.4, 0.5) is 13.2 Å². The molecule has 2 rings (SSSR count). The van der Waals surface area contributed by atoms with Gasteiger partial charge in [0.05, 0.1) is 13.2 Å². The van der Waals surface area contributed by atoms with Gasteiger partial charge in [-0.1, -0.05) is 12.1 Å². The van der Waals surface area contributed by atoms with Crippen LogP contribution < -0.4 is 9.47 Å². The predicted octanol–water partition coefficient (Wildman–Crippen LogP) is 4.01. The van der Waals surface area contributed by atoms with Crippen molar-refractivity contribution in [2.24, 2.45) is 0 Å². The van der Waals surface area contributed by atoms with E-state index in [1.54, 1.807) is 24.3 Å². The fourth-order valence-electron chi connectivity index (χ4n) is 2.33. The van der Waals surface area contributed by atoms with Crippen molar-refractivity contribution in [2.45, 2.75) is 25.3 Å². The number of alkyl halides is 3. The summed E-state index contributed by atoms with van der Waals surface area (Å²) in [5.74, 6) is -1.01. The number of carbonyl (C=O) groups excluding carboxylic acids is 1. The first-order valence-electron chi connectivity index (χ1n) is 7.59. The molecule has 5 nitrogen and oxygen atoms in total. The van der Waals surface area contributed by atoms with Crippen molar-refractivity contribution in [3.63, 3.8) is 0 Å². The first-order chi connectivity index (χ1) is 12.2. The maximum absolute atomic E-state index is 12.1. The van der Waals surface area contributed by atoms with Crippen LogP contribution >= 0.6 is 0 Å². The minimum atomic E-state index is -4.75. The van der Waals surface area contributed by atoms with Crippen molar-refractivity contribution in [3.05, 3.63) is 54.1 Å². The van der Waals surface area contributed by atoms with Crippen LogP contribution in [0.15, 0.2) is 48.5 Å². The highest BCUT2D eigenvalue weighted by atomic mass is 19.4. The summed E-state index contributed by atoms with van der Waals surface area (Å²) < 4.78 is 50.4. The van der Waals surface area contributed by atoms with E-state index >= 15 is 0 Å². The molecule has 0 radical (unpaired) electrons. The van der Waals surface area contributed by atoms with Crippen LogP contribution in [0.2, 0.25) is 0 Å². The molecule has 0 saturated carbocycles. The molecule has 0 heterocycles. The molecular formula is C18H17F3O5. The monoisotopic (exact) mass is 370 g/mol. The Morgan fingerprint density at radius 2 is 1.42 bits per heavy atom. The summed E-state index contributed by atoms with van der Waals surface area (Å²) in [6.07, 6.45) is -5.69. The van der Waals surface area contributed by atoms with Crippen molar-refractivity contribution in [2.75, 3.05) is 7.11 Å². The van der Waals surface area contributed by atoms with E-state index < -0.39 is 24.4 Å². The summed E-state index contributed by atoms with van der Waals surface area (Å²) in [4.78, 5) is 11.8. The third-order valence-electron chi connectivity index (χ3n) is 3.47. The van der Waals surface area contributed by atoms with Crippen molar-refractivity contribution in [1.82, 2.24) is 0 Å². The Morgan fingerprint density at radius 1 is 0.962 bits per heavy atom. The van der Waals surface area contributed by atoms with Crippen LogP contribution in [0.1, 0.15) is 18.4 Å². The summed E-state index contributed by atoms with van der Waals surface area (Å²) in [6.45, 7) is 1.48. The summed E-state index contributed by atoms with van der Waals surface area (Å²) in [7, 11) is 1.24. The minimum Gasteiger partial charge on any atom is -0.468 e. The Kier molecular flexibility index (Phi) is 6.10. The molecule has 0 spiro atoms. The molecule has 0 fully saturated rings. The van der Waals surface area contributed by atoms with Crippen molar-refractivity contribution >= 4 is 5.97 Å². The van der Waals surface area contributed by atoms with Gasteiger partial charge in [-0.2, -0.15) is 0 Å². The van der Waals surface area contributed by atoms with Gasteiger partial charge in [0, 0.05) is 0 Å². The molecule has 1 N–H and O–H groups in total. The van der Waals surface area contributed by atoms with E-state index in [2.05, 4.69) is 9.47 Å². The molecule has 0 aliphatic carbocycles. The van der Waals surface area contributed by atoms with Crippen LogP contribution in [-0.2, 0) is 9.53 Å². The number of benzene rings is 2. The second kappa shape index (κ2) is 8.09. The fourth-order valence-corrected chi connectivity index (χ4v) is 2.33. The number of halogens is 3. The fraction of sp³-hybridized carbons (Fsp3) is 0.278. The Morgan fingerprint density at radius 3 is 1.85 bits per heavy atom. The number of carbonyl (C=O) groups is 1. The van der Waals surface area contributed by atoms with Crippen molar-refractivity contribution < 1.29 is 37.3 Å². The minimum absolute atomic E-state index is 0.312. The van der Waals surface area contributed by atoms with Gasteiger partial charge in [0.25, 0.3) is 0 Å². The molecular weight excluding hydrogens is 353 g/mol. The molecule has 8 heteroatoms. The van der Waals surface area contributed by atoms with Crippen LogP contribution in [0.5, 0.6) is 17.2 Å². The van der Waals surface area contributed by atoms with Crippen molar-refractivity contribution in [3.8, 4) is 17.2 Å². The third kappa shape index (κ3) is 5.38. The largest absolute Gasteiger partial charge is 0.573 e. The normalized spacial score (nSPS) is 13.6. The molecule has 2 unspecified atom stereocenters. The molecule has 2 atom stereocenters. The highest BCUT2D eigenvalue weighted by Gasteiger charge is 2.31. The van der Waals surface area contributed by atoms with Gasteiger partial charge in [-0.25, -0.2) is 0 Å². The summed E-state index contributed by atoms with van der Waals surface area (Å²) in [5, 5.41) is 9.75. The maximum Gasteiger partial charge on any atom is 0.573 e. The zero-order valence-electron chi connectivity index (χ0n) is 14.0. The first-order valence-corrected chi connectivity index (χ1v) is 7.59. The van der Waals surface area contributed by atoms with E-state index in [1.807, 2.05) is 0 Å². The van der Waals surface area contributed by atoms with E-state index in [0.717, 1.165) is 12.1 Å². The number of methoxy groups -OCH3 is 1. The average Bonchev–Trinajstić information content (AvgIpc) is 2.56.